The van der Waals surface area contributed by atoms with Crippen LogP contribution in [0.2, 0.25) is 0 Å². The minimum atomic E-state index is -0.599. The van der Waals surface area contributed by atoms with Gasteiger partial charge < -0.3 is 15.3 Å². The number of aliphatic hydroxyl groups is 1. The van der Waals surface area contributed by atoms with Crippen molar-refractivity contribution in [2.24, 2.45) is 0 Å². The van der Waals surface area contributed by atoms with Crippen LogP contribution in [0.25, 0.3) is 0 Å². The Morgan fingerprint density at radius 3 is 2.64 bits per heavy atom. The predicted octanol–water partition coefficient (Wildman–Crippen LogP) is 1.73. The second-order valence-corrected chi connectivity index (χ2v) is 6.42. The molecule has 1 aromatic carbocycles. The molecule has 1 unspecified atom stereocenters. The van der Waals surface area contributed by atoms with Crippen LogP contribution in [0, 0.1) is 10.1 Å². The summed E-state index contributed by atoms with van der Waals surface area (Å²) in [4.78, 5) is 12.4. The number of para-hydroxylation sites is 1. The van der Waals surface area contributed by atoms with Crippen molar-refractivity contribution in [2.75, 3.05) is 25.0 Å². The molecule has 2 heterocycles. The number of rotatable bonds is 7. The first-order chi connectivity index (χ1) is 12.1. The molecule has 2 aromatic rings. The van der Waals surface area contributed by atoms with E-state index in [1.54, 1.807) is 0 Å². The fourth-order valence-electron chi connectivity index (χ4n) is 3.15. The Kier molecular flexibility index (Phi) is 5.62. The number of likely N-dealkylation sites (tertiary alicyclic amines) is 1. The lowest BCUT2D eigenvalue weighted by atomic mass is 10.0. The summed E-state index contributed by atoms with van der Waals surface area (Å²) in [5.74, 6) is 0. The van der Waals surface area contributed by atoms with E-state index in [2.05, 4.69) is 27.4 Å². The number of aliphatic hydroxyl groups excluding tert-OH is 1. The number of aromatic nitrogens is 2. The van der Waals surface area contributed by atoms with Crippen LogP contribution >= 0.6 is 0 Å². The van der Waals surface area contributed by atoms with Crippen LogP contribution in [-0.4, -0.2) is 56.5 Å². The monoisotopic (exact) mass is 345 g/mol. The molecule has 0 bridgehead atoms. The van der Waals surface area contributed by atoms with Crippen LogP contribution in [0.1, 0.15) is 12.8 Å². The van der Waals surface area contributed by atoms with Gasteiger partial charge in [0, 0.05) is 31.4 Å². The van der Waals surface area contributed by atoms with Crippen molar-refractivity contribution < 1.29 is 10.0 Å². The highest BCUT2D eigenvalue weighted by Crippen LogP contribution is 2.17. The Morgan fingerprint density at radius 2 is 2.00 bits per heavy atom. The van der Waals surface area contributed by atoms with Crippen LogP contribution in [-0.2, 0) is 6.54 Å². The molecule has 25 heavy (non-hydrogen) atoms. The molecule has 1 aliphatic heterocycles. The maximum atomic E-state index is 10.7. The van der Waals surface area contributed by atoms with Gasteiger partial charge in [0.05, 0.1) is 17.6 Å². The van der Waals surface area contributed by atoms with E-state index in [-0.39, 0.29) is 12.2 Å². The lowest BCUT2D eigenvalue weighted by Gasteiger charge is -2.33. The maximum absolute atomic E-state index is 10.7. The van der Waals surface area contributed by atoms with Gasteiger partial charge in [-0.2, -0.15) is 5.10 Å². The van der Waals surface area contributed by atoms with Gasteiger partial charge in [-0.15, -0.1) is 0 Å². The van der Waals surface area contributed by atoms with Crippen molar-refractivity contribution in [3.63, 3.8) is 0 Å². The first kappa shape index (κ1) is 17.4. The zero-order valence-corrected chi connectivity index (χ0v) is 14.0. The van der Waals surface area contributed by atoms with Crippen molar-refractivity contribution in [3.05, 3.63) is 52.8 Å². The van der Waals surface area contributed by atoms with Crippen LogP contribution in [0.15, 0.2) is 42.7 Å². The molecule has 0 aliphatic carbocycles. The molecular weight excluding hydrogens is 322 g/mol. The molecule has 1 saturated heterocycles. The highest BCUT2D eigenvalue weighted by atomic mass is 16.6. The Bertz CT molecular complexity index is 683. The van der Waals surface area contributed by atoms with Crippen molar-refractivity contribution >= 4 is 11.4 Å². The van der Waals surface area contributed by atoms with E-state index in [4.69, 9.17) is 0 Å². The molecule has 0 saturated carbocycles. The highest BCUT2D eigenvalue weighted by molar-refractivity contribution is 5.43. The number of hydrogen-bond donors (Lipinski definition) is 2. The zero-order chi connectivity index (χ0) is 17.6. The molecular formula is C17H23N5O3. The number of benzene rings is 1. The average Bonchev–Trinajstić information content (AvgIpc) is 3.06. The first-order valence-electron chi connectivity index (χ1n) is 8.49. The highest BCUT2D eigenvalue weighted by Gasteiger charge is 2.21. The number of nitrogens with one attached hydrogen (secondary N) is 1. The summed E-state index contributed by atoms with van der Waals surface area (Å²) < 4.78 is 1.42. The zero-order valence-electron chi connectivity index (χ0n) is 14.0. The minimum Gasteiger partial charge on any atom is -0.390 e. The van der Waals surface area contributed by atoms with E-state index < -0.39 is 11.0 Å². The van der Waals surface area contributed by atoms with Gasteiger partial charge in [-0.3, -0.25) is 14.8 Å². The predicted molar refractivity (Wildman–Crippen MR) is 94.4 cm³/mol. The van der Waals surface area contributed by atoms with E-state index >= 15 is 0 Å². The quantitative estimate of drug-likeness (QED) is 0.586. The van der Waals surface area contributed by atoms with E-state index in [0.29, 0.717) is 12.6 Å². The third-order valence-electron chi connectivity index (χ3n) is 4.43. The molecule has 1 aromatic heterocycles. The summed E-state index contributed by atoms with van der Waals surface area (Å²) in [6, 6.07) is 10.6. The minimum absolute atomic E-state index is 0.0556. The molecule has 134 valence electrons. The largest absolute Gasteiger partial charge is 0.390 e. The molecule has 2 N–H and O–H groups in total. The standard InChI is InChI=1S/C17H23N5O3/c23-17(13-21-11-16(10-18-21)22(24)25)12-20-8-6-15(7-9-20)19-14-4-2-1-3-5-14/h1-5,10-11,15,17,19,23H,6-9,12-13H2. The fraction of sp³-hybridized carbons (Fsp3) is 0.471. The molecule has 0 radical (unpaired) electrons. The van der Waals surface area contributed by atoms with Crippen molar-refractivity contribution in [2.45, 2.75) is 31.5 Å². The normalized spacial score (nSPS) is 17.3. The fourth-order valence-corrected chi connectivity index (χ4v) is 3.15. The van der Waals surface area contributed by atoms with Gasteiger partial charge in [0.25, 0.3) is 0 Å². The lowest BCUT2D eigenvalue weighted by Crippen LogP contribution is -2.43. The summed E-state index contributed by atoms with van der Waals surface area (Å²) in [6.45, 7) is 2.64. The molecule has 0 amide bonds. The molecule has 8 nitrogen and oxygen atoms in total. The number of hydrogen-bond acceptors (Lipinski definition) is 6. The van der Waals surface area contributed by atoms with Crippen LogP contribution in [0.5, 0.6) is 0 Å². The summed E-state index contributed by atoms with van der Waals surface area (Å²) in [7, 11) is 0. The van der Waals surface area contributed by atoms with Gasteiger partial charge in [-0.1, -0.05) is 18.2 Å². The third kappa shape index (κ3) is 5.01. The Morgan fingerprint density at radius 1 is 1.28 bits per heavy atom. The molecule has 0 spiro atoms. The SMILES string of the molecule is O=[N+]([O-])c1cnn(CC(O)CN2CCC(Nc3ccccc3)CC2)c1. The Labute approximate surface area is 146 Å². The molecule has 1 aliphatic rings. The molecule has 8 heteroatoms. The first-order valence-corrected chi connectivity index (χ1v) is 8.49. The van der Waals surface area contributed by atoms with Gasteiger partial charge >= 0.3 is 5.69 Å². The van der Waals surface area contributed by atoms with Gasteiger partial charge in [0.2, 0.25) is 0 Å². The number of nitro groups is 1. The number of piperidine rings is 1. The van der Waals surface area contributed by atoms with Crippen molar-refractivity contribution in [1.29, 1.82) is 0 Å². The topological polar surface area (TPSA) is 96.5 Å². The Hall–Kier alpha value is -2.45. The van der Waals surface area contributed by atoms with Crippen LogP contribution in [0.4, 0.5) is 11.4 Å². The second-order valence-electron chi connectivity index (χ2n) is 6.42. The smallest absolute Gasteiger partial charge is 0.306 e. The molecule has 1 fully saturated rings. The van der Waals surface area contributed by atoms with Crippen LogP contribution < -0.4 is 5.32 Å². The molecule has 3 rings (SSSR count). The van der Waals surface area contributed by atoms with Crippen molar-refractivity contribution in [1.82, 2.24) is 14.7 Å². The molecule has 1 atom stereocenters. The Balaban J connectivity index is 1.41. The number of anilines is 1. The van der Waals surface area contributed by atoms with Gasteiger partial charge in [0.1, 0.15) is 12.4 Å². The number of nitrogens with zero attached hydrogens (tertiary/aromatic N) is 4. The van der Waals surface area contributed by atoms with Gasteiger partial charge in [0.15, 0.2) is 0 Å². The summed E-state index contributed by atoms with van der Waals surface area (Å²) in [6.07, 6.45) is 3.99. The lowest BCUT2D eigenvalue weighted by molar-refractivity contribution is -0.385. The van der Waals surface area contributed by atoms with E-state index in [1.165, 1.54) is 17.1 Å². The summed E-state index contributed by atoms with van der Waals surface area (Å²) in [5, 5.41) is 28.3. The van der Waals surface area contributed by atoms with Gasteiger partial charge in [-0.05, 0) is 25.0 Å². The summed E-state index contributed by atoms with van der Waals surface area (Å²) in [5.41, 5.74) is 1.08. The maximum Gasteiger partial charge on any atom is 0.306 e. The van der Waals surface area contributed by atoms with Gasteiger partial charge in [-0.25, -0.2) is 0 Å². The average molecular weight is 345 g/mol. The van der Waals surface area contributed by atoms with E-state index in [9.17, 15) is 15.2 Å². The van der Waals surface area contributed by atoms with E-state index in [0.717, 1.165) is 31.6 Å². The van der Waals surface area contributed by atoms with Crippen molar-refractivity contribution in [3.8, 4) is 0 Å². The summed E-state index contributed by atoms with van der Waals surface area (Å²) >= 11 is 0. The second kappa shape index (κ2) is 8.09. The number of β-amino-alcohol motifs (C(OH)–C–C–N with tert-alkyl or cyclic N) is 1. The third-order valence-corrected chi connectivity index (χ3v) is 4.43. The van der Waals surface area contributed by atoms with E-state index in [1.807, 2.05) is 18.2 Å². The van der Waals surface area contributed by atoms with Crippen LogP contribution in [0.3, 0.4) is 0 Å².